The zero-order valence-electron chi connectivity index (χ0n) is 12.8. The molecule has 0 aliphatic carbocycles. The lowest BCUT2D eigenvalue weighted by Gasteiger charge is -2.14. The monoisotopic (exact) mass is 277 g/mol. The van der Waals surface area contributed by atoms with Gasteiger partial charge in [0.1, 0.15) is 0 Å². The zero-order valence-corrected chi connectivity index (χ0v) is 12.8. The number of nitrogens with one attached hydrogen (secondary N) is 3. The summed E-state index contributed by atoms with van der Waals surface area (Å²) >= 11 is 0. The molecule has 1 aromatic rings. The molecule has 20 heavy (non-hydrogen) atoms. The van der Waals surface area contributed by atoms with E-state index < -0.39 is 0 Å². The largest absolute Gasteiger partial charge is 0.336 e. The first kappa shape index (κ1) is 16.0. The maximum absolute atomic E-state index is 11.8. The third kappa shape index (κ3) is 4.91. The van der Waals surface area contributed by atoms with Crippen molar-refractivity contribution < 1.29 is 9.59 Å². The lowest BCUT2D eigenvalue weighted by atomic mass is 10.1. The van der Waals surface area contributed by atoms with Crippen molar-refractivity contribution in [2.24, 2.45) is 0 Å². The number of rotatable bonds is 4. The predicted molar refractivity (Wildman–Crippen MR) is 81.0 cm³/mol. The van der Waals surface area contributed by atoms with E-state index in [1.807, 2.05) is 46.8 Å². The molecule has 0 radical (unpaired) electrons. The number of hydrogen-bond acceptors (Lipinski definition) is 2. The van der Waals surface area contributed by atoms with Crippen LogP contribution in [-0.2, 0) is 4.79 Å². The maximum Gasteiger partial charge on any atom is 0.315 e. The lowest BCUT2D eigenvalue weighted by Crippen LogP contribution is -2.42. The summed E-state index contributed by atoms with van der Waals surface area (Å²) in [6.45, 7) is 9.59. The SMILES string of the molecule is Cc1cc(C)c(NC(=O)CNC(=O)NC(C)C)c(C)c1. The normalized spacial score (nSPS) is 10.3. The molecule has 0 saturated heterocycles. The molecule has 0 saturated carbocycles. The van der Waals surface area contributed by atoms with Gasteiger partial charge in [-0.2, -0.15) is 0 Å². The van der Waals surface area contributed by atoms with Gasteiger partial charge in [0.05, 0.1) is 6.54 Å². The van der Waals surface area contributed by atoms with Gasteiger partial charge in [0, 0.05) is 11.7 Å². The van der Waals surface area contributed by atoms with Crippen LogP contribution in [0, 0.1) is 20.8 Å². The molecule has 3 N–H and O–H groups in total. The van der Waals surface area contributed by atoms with E-state index in [1.54, 1.807) is 0 Å². The van der Waals surface area contributed by atoms with Crippen LogP contribution >= 0.6 is 0 Å². The van der Waals surface area contributed by atoms with E-state index in [4.69, 9.17) is 0 Å². The standard InChI is InChI=1S/C15H23N3O2/c1-9(2)17-15(20)16-8-13(19)18-14-11(4)6-10(3)7-12(14)5/h6-7,9H,8H2,1-5H3,(H,18,19)(H2,16,17,20). The van der Waals surface area contributed by atoms with Gasteiger partial charge in [-0.1, -0.05) is 17.7 Å². The average Bonchev–Trinajstić information content (AvgIpc) is 2.30. The number of aryl methyl sites for hydroxylation is 3. The third-order valence-corrected chi connectivity index (χ3v) is 2.77. The van der Waals surface area contributed by atoms with Gasteiger partial charge >= 0.3 is 6.03 Å². The van der Waals surface area contributed by atoms with Gasteiger partial charge in [-0.25, -0.2) is 4.79 Å². The van der Waals surface area contributed by atoms with E-state index in [2.05, 4.69) is 16.0 Å². The minimum absolute atomic E-state index is 0.0413. The number of urea groups is 1. The Hall–Kier alpha value is -2.04. The molecule has 0 atom stereocenters. The Labute approximate surface area is 120 Å². The molecule has 0 heterocycles. The van der Waals surface area contributed by atoms with E-state index in [0.29, 0.717) is 0 Å². The van der Waals surface area contributed by atoms with Gasteiger partial charge in [-0.15, -0.1) is 0 Å². The highest BCUT2D eigenvalue weighted by Crippen LogP contribution is 2.21. The number of carbonyl (C=O) groups excluding carboxylic acids is 2. The van der Waals surface area contributed by atoms with Crippen molar-refractivity contribution in [3.8, 4) is 0 Å². The highest BCUT2D eigenvalue weighted by atomic mass is 16.2. The van der Waals surface area contributed by atoms with Crippen molar-refractivity contribution in [2.75, 3.05) is 11.9 Å². The van der Waals surface area contributed by atoms with Crippen LogP contribution in [-0.4, -0.2) is 24.5 Å². The number of amides is 3. The smallest absolute Gasteiger partial charge is 0.315 e. The molecule has 1 rings (SSSR count). The highest BCUT2D eigenvalue weighted by Gasteiger charge is 2.10. The Morgan fingerprint density at radius 2 is 1.65 bits per heavy atom. The van der Waals surface area contributed by atoms with E-state index in [9.17, 15) is 9.59 Å². The molecule has 1 aromatic carbocycles. The van der Waals surface area contributed by atoms with Crippen LogP contribution < -0.4 is 16.0 Å². The first-order valence-corrected chi connectivity index (χ1v) is 6.71. The Kier molecular flexibility index (Phi) is 5.55. The van der Waals surface area contributed by atoms with E-state index in [1.165, 1.54) is 0 Å². The zero-order chi connectivity index (χ0) is 15.3. The van der Waals surface area contributed by atoms with Crippen molar-refractivity contribution in [1.29, 1.82) is 0 Å². The van der Waals surface area contributed by atoms with Gasteiger partial charge in [0.25, 0.3) is 0 Å². The van der Waals surface area contributed by atoms with Gasteiger partial charge in [0.15, 0.2) is 0 Å². The van der Waals surface area contributed by atoms with E-state index >= 15 is 0 Å². The molecule has 0 unspecified atom stereocenters. The van der Waals surface area contributed by atoms with Crippen LogP contribution in [0.3, 0.4) is 0 Å². The average molecular weight is 277 g/mol. The Bertz CT molecular complexity index is 487. The Morgan fingerprint density at radius 3 is 2.15 bits per heavy atom. The summed E-state index contributed by atoms with van der Waals surface area (Å²) in [7, 11) is 0. The van der Waals surface area contributed by atoms with Crippen LogP contribution in [0.4, 0.5) is 10.5 Å². The Balaban J connectivity index is 2.57. The van der Waals surface area contributed by atoms with Crippen molar-refractivity contribution in [2.45, 2.75) is 40.7 Å². The summed E-state index contributed by atoms with van der Waals surface area (Å²) in [6.07, 6.45) is 0. The predicted octanol–water partition coefficient (Wildman–Crippen LogP) is 2.26. The van der Waals surface area contributed by atoms with Crippen LogP contribution in [0.1, 0.15) is 30.5 Å². The van der Waals surface area contributed by atoms with Gasteiger partial charge in [0.2, 0.25) is 5.91 Å². The second kappa shape index (κ2) is 6.93. The van der Waals surface area contributed by atoms with E-state index in [-0.39, 0.29) is 24.5 Å². The fourth-order valence-corrected chi connectivity index (χ4v) is 2.03. The topological polar surface area (TPSA) is 70.2 Å². The van der Waals surface area contributed by atoms with Crippen molar-refractivity contribution >= 4 is 17.6 Å². The van der Waals surface area contributed by atoms with Crippen molar-refractivity contribution in [3.63, 3.8) is 0 Å². The molecule has 0 bridgehead atoms. The minimum atomic E-state index is -0.340. The fourth-order valence-electron chi connectivity index (χ4n) is 2.03. The lowest BCUT2D eigenvalue weighted by molar-refractivity contribution is -0.115. The molecule has 0 aliphatic rings. The molecule has 110 valence electrons. The summed E-state index contributed by atoms with van der Waals surface area (Å²) in [4.78, 5) is 23.2. The summed E-state index contributed by atoms with van der Waals surface area (Å²) in [5, 5.41) is 8.02. The third-order valence-electron chi connectivity index (χ3n) is 2.77. The second-order valence-corrected chi connectivity index (χ2v) is 5.30. The first-order valence-electron chi connectivity index (χ1n) is 6.71. The molecule has 5 nitrogen and oxygen atoms in total. The number of benzene rings is 1. The van der Waals surface area contributed by atoms with Gasteiger partial charge in [-0.05, 0) is 45.7 Å². The van der Waals surface area contributed by atoms with Gasteiger partial charge < -0.3 is 16.0 Å². The van der Waals surface area contributed by atoms with Gasteiger partial charge in [-0.3, -0.25) is 4.79 Å². The fraction of sp³-hybridized carbons (Fsp3) is 0.467. The Morgan fingerprint density at radius 1 is 1.10 bits per heavy atom. The molecule has 0 aromatic heterocycles. The summed E-state index contributed by atoms with van der Waals surface area (Å²) in [6, 6.07) is 3.73. The molecule has 5 heteroatoms. The highest BCUT2D eigenvalue weighted by molar-refractivity contribution is 5.95. The number of carbonyl (C=O) groups is 2. The van der Waals surface area contributed by atoms with Crippen LogP contribution in [0.25, 0.3) is 0 Å². The summed E-state index contributed by atoms with van der Waals surface area (Å²) < 4.78 is 0. The molecule has 0 fully saturated rings. The first-order chi connectivity index (χ1) is 9.29. The molecule has 0 aliphatic heterocycles. The quantitative estimate of drug-likeness (QED) is 0.790. The molecule has 3 amide bonds. The summed E-state index contributed by atoms with van der Waals surface area (Å²) in [5.74, 6) is -0.237. The maximum atomic E-state index is 11.8. The summed E-state index contributed by atoms with van der Waals surface area (Å²) in [5.41, 5.74) is 4.00. The molecular formula is C15H23N3O2. The van der Waals surface area contributed by atoms with Crippen molar-refractivity contribution in [3.05, 3.63) is 28.8 Å². The number of anilines is 1. The number of hydrogen-bond donors (Lipinski definition) is 3. The molecule has 0 spiro atoms. The van der Waals surface area contributed by atoms with Crippen LogP contribution in [0.2, 0.25) is 0 Å². The molecular weight excluding hydrogens is 254 g/mol. The minimum Gasteiger partial charge on any atom is -0.336 e. The van der Waals surface area contributed by atoms with E-state index in [0.717, 1.165) is 22.4 Å². The van der Waals surface area contributed by atoms with Crippen LogP contribution in [0.5, 0.6) is 0 Å². The van der Waals surface area contributed by atoms with Crippen LogP contribution in [0.15, 0.2) is 12.1 Å². The van der Waals surface area contributed by atoms with Crippen molar-refractivity contribution in [1.82, 2.24) is 10.6 Å². The second-order valence-electron chi connectivity index (χ2n) is 5.30.